The molecular weight excluding hydrogens is 208 g/mol. The van der Waals surface area contributed by atoms with Gasteiger partial charge in [0, 0.05) is 0 Å². The molecule has 0 saturated carbocycles. The lowest BCUT2D eigenvalue weighted by Gasteiger charge is -2.21. The van der Waals surface area contributed by atoms with E-state index in [1.54, 1.807) is 24.3 Å². The van der Waals surface area contributed by atoms with E-state index in [0.717, 1.165) is 0 Å². The van der Waals surface area contributed by atoms with Gasteiger partial charge in [-0.25, -0.2) is 0 Å². The predicted molar refractivity (Wildman–Crippen MR) is 59.3 cm³/mol. The summed E-state index contributed by atoms with van der Waals surface area (Å²) in [6.45, 7) is 1.49. The lowest BCUT2D eigenvalue weighted by atomic mass is 9.93. The molecule has 0 saturated heterocycles. The molecule has 0 heterocycles. The highest BCUT2D eigenvalue weighted by Gasteiger charge is 2.24. The standard InChI is InChI=1S/C12H16O4/c1-12(16,8-11(14)15)7-6-9-4-2-3-5-10(9)13/h2-5,13,16H,6-8H2,1H3,(H,14,15). The summed E-state index contributed by atoms with van der Waals surface area (Å²) in [6, 6.07) is 6.84. The van der Waals surface area contributed by atoms with E-state index in [1.165, 1.54) is 6.92 Å². The molecule has 0 aromatic heterocycles. The molecule has 1 aromatic rings. The number of aliphatic carboxylic acids is 1. The third kappa shape index (κ3) is 3.90. The molecule has 88 valence electrons. The van der Waals surface area contributed by atoms with E-state index in [2.05, 4.69) is 0 Å². The second-order valence-electron chi connectivity index (χ2n) is 4.20. The van der Waals surface area contributed by atoms with Crippen molar-refractivity contribution in [2.24, 2.45) is 0 Å². The van der Waals surface area contributed by atoms with Crippen molar-refractivity contribution in [3.63, 3.8) is 0 Å². The van der Waals surface area contributed by atoms with Gasteiger partial charge < -0.3 is 15.3 Å². The zero-order chi connectivity index (χ0) is 12.2. The number of phenolic OH excluding ortho intramolecular Hbond substituents is 1. The van der Waals surface area contributed by atoms with Crippen LogP contribution in [0.15, 0.2) is 24.3 Å². The molecule has 0 amide bonds. The number of benzene rings is 1. The van der Waals surface area contributed by atoms with Crippen LogP contribution in [0.1, 0.15) is 25.3 Å². The second kappa shape index (κ2) is 4.99. The number of rotatable bonds is 5. The summed E-state index contributed by atoms with van der Waals surface area (Å²) in [5, 5.41) is 27.9. The Morgan fingerprint density at radius 1 is 1.38 bits per heavy atom. The fraction of sp³-hybridized carbons (Fsp3) is 0.417. The Bertz CT molecular complexity index is 371. The van der Waals surface area contributed by atoms with Gasteiger partial charge in [0.15, 0.2) is 0 Å². The predicted octanol–water partition coefficient (Wildman–Crippen LogP) is 1.55. The minimum atomic E-state index is -1.24. The monoisotopic (exact) mass is 224 g/mol. The summed E-state index contributed by atoms with van der Waals surface area (Å²) < 4.78 is 0. The summed E-state index contributed by atoms with van der Waals surface area (Å²) in [4.78, 5) is 10.5. The first-order chi connectivity index (χ1) is 7.41. The van der Waals surface area contributed by atoms with Crippen LogP contribution in [-0.4, -0.2) is 26.9 Å². The Kier molecular flexibility index (Phi) is 3.90. The van der Waals surface area contributed by atoms with Gasteiger partial charge in [-0.05, 0) is 31.4 Å². The molecule has 1 aromatic carbocycles. The van der Waals surface area contributed by atoms with Crippen LogP contribution in [0.25, 0.3) is 0 Å². The number of para-hydroxylation sites is 1. The summed E-state index contributed by atoms with van der Waals surface area (Å²) in [7, 11) is 0. The minimum Gasteiger partial charge on any atom is -0.508 e. The molecule has 3 N–H and O–H groups in total. The number of phenols is 1. The molecule has 1 rings (SSSR count). The van der Waals surface area contributed by atoms with Crippen molar-refractivity contribution in [3.05, 3.63) is 29.8 Å². The van der Waals surface area contributed by atoms with Crippen molar-refractivity contribution >= 4 is 5.97 Å². The lowest BCUT2D eigenvalue weighted by molar-refractivity contribution is -0.142. The van der Waals surface area contributed by atoms with Crippen molar-refractivity contribution < 1.29 is 20.1 Å². The fourth-order valence-corrected chi connectivity index (χ4v) is 1.54. The van der Waals surface area contributed by atoms with Crippen LogP contribution in [-0.2, 0) is 11.2 Å². The molecule has 0 fully saturated rings. The lowest BCUT2D eigenvalue weighted by Crippen LogP contribution is -2.28. The average Bonchev–Trinajstić information content (AvgIpc) is 2.14. The van der Waals surface area contributed by atoms with E-state index in [0.29, 0.717) is 18.4 Å². The second-order valence-corrected chi connectivity index (χ2v) is 4.20. The van der Waals surface area contributed by atoms with Gasteiger partial charge in [-0.2, -0.15) is 0 Å². The van der Waals surface area contributed by atoms with Gasteiger partial charge in [-0.1, -0.05) is 18.2 Å². The first-order valence-electron chi connectivity index (χ1n) is 5.12. The summed E-state index contributed by atoms with van der Waals surface area (Å²) >= 11 is 0. The van der Waals surface area contributed by atoms with Gasteiger partial charge in [0.05, 0.1) is 12.0 Å². The van der Waals surface area contributed by atoms with Crippen LogP contribution < -0.4 is 0 Å². The zero-order valence-electron chi connectivity index (χ0n) is 9.18. The van der Waals surface area contributed by atoms with Crippen LogP contribution in [0.2, 0.25) is 0 Å². The number of aliphatic hydroxyl groups is 1. The van der Waals surface area contributed by atoms with E-state index in [4.69, 9.17) is 5.11 Å². The summed E-state index contributed by atoms with van der Waals surface area (Å²) in [5.74, 6) is -0.851. The molecule has 16 heavy (non-hydrogen) atoms. The van der Waals surface area contributed by atoms with E-state index in [9.17, 15) is 15.0 Å². The smallest absolute Gasteiger partial charge is 0.306 e. The molecule has 0 radical (unpaired) electrons. The van der Waals surface area contributed by atoms with E-state index >= 15 is 0 Å². The SMILES string of the molecule is CC(O)(CCc1ccccc1O)CC(=O)O. The maximum Gasteiger partial charge on any atom is 0.306 e. The third-order valence-corrected chi connectivity index (χ3v) is 2.46. The van der Waals surface area contributed by atoms with Gasteiger partial charge >= 0.3 is 5.97 Å². The van der Waals surface area contributed by atoms with Crippen molar-refractivity contribution in [1.29, 1.82) is 0 Å². The van der Waals surface area contributed by atoms with Gasteiger partial charge in [-0.3, -0.25) is 4.79 Å². The molecule has 0 spiro atoms. The Morgan fingerprint density at radius 3 is 2.56 bits per heavy atom. The van der Waals surface area contributed by atoms with E-state index < -0.39 is 11.6 Å². The number of carboxylic acids is 1. The van der Waals surface area contributed by atoms with Crippen molar-refractivity contribution in [1.82, 2.24) is 0 Å². The molecule has 0 aliphatic heterocycles. The fourth-order valence-electron chi connectivity index (χ4n) is 1.54. The maximum atomic E-state index is 10.5. The van der Waals surface area contributed by atoms with Crippen LogP contribution in [0.4, 0.5) is 0 Å². The number of carboxylic acid groups (broad SMARTS) is 1. The van der Waals surface area contributed by atoms with Gasteiger partial charge in [0.1, 0.15) is 5.75 Å². The summed E-state index contributed by atoms with van der Waals surface area (Å²) in [6.07, 6.45) is 0.463. The molecule has 4 heteroatoms. The number of aryl methyl sites for hydroxylation is 1. The van der Waals surface area contributed by atoms with Crippen LogP contribution >= 0.6 is 0 Å². The Morgan fingerprint density at radius 2 is 2.00 bits per heavy atom. The van der Waals surface area contributed by atoms with Crippen molar-refractivity contribution in [2.45, 2.75) is 31.8 Å². The topological polar surface area (TPSA) is 77.8 Å². The maximum absolute atomic E-state index is 10.5. The number of carbonyl (C=O) groups is 1. The number of aromatic hydroxyl groups is 1. The molecule has 0 aliphatic rings. The molecule has 0 aliphatic carbocycles. The van der Waals surface area contributed by atoms with Crippen LogP contribution in [0, 0.1) is 0 Å². The average molecular weight is 224 g/mol. The minimum absolute atomic E-state index is 0.175. The highest BCUT2D eigenvalue weighted by molar-refractivity contribution is 5.68. The molecular formula is C12H16O4. The molecule has 4 nitrogen and oxygen atoms in total. The Hall–Kier alpha value is -1.55. The Balaban J connectivity index is 2.57. The van der Waals surface area contributed by atoms with Crippen LogP contribution in [0.3, 0.4) is 0 Å². The highest BCUT2D eigenvalue weighted by Crippen LogP contribution is 2.22. The normalized spacial score (nSPS) is 14.4. The van der Waals surface area contributed by atoms with E-state index in [-0.39, 0.29) is 12.2 Å². The van der Waals surface area contributed by atoms with Gasteiger partial charge in [0.25, 0.3) is 0 Å². The van der Waals surface area contributed by atoms with Crippen molar-refractivity contribution in [2.75, 3.05) is 0 Å². The van der Waals surface area contributed by atoms with E-state index in [1.807, 2.05) is 0 Å². The zero-order valence-corrected chi connectivity index (χ0v) is 9.18. The largest absolute Gasteiger partial charge is 0.508 e. The van der Waals surface area contributed by atoms with Crippen LogP contribution in [0.5, 0.6) is 5.75 Å². The molecule has 1 atom stereocenters. The van der Waals surface area contributed by atoms with Gasteiger partial charge in [0.2, 0.25) is 0 Å². The van der Waals surface area contributed by atoms with Crippen molar-refractivity contribution in [3.8, 4) is 5.75 Å². The molecule has 1 unspecified atom stereocenters. The highest BCUT2D eigenvalue weighted by atomic mass is 16.4. The number of hydrogen-bond donors (Lipinski definition) is 3. The third-order valence-electron chi connectivity index (χ3n) is 2.46. The summed E-state index contributed by atoms with van der Waals surface area (Å²) in [5.41, 5.74) is -0.526. The molecule has 0 bridgehead atoms. The number of hydrogen-bond acceptors (Lipinski definition) is 3. The first kappa shape index (κ1) is 12.5. The Labute approximate surface area is 94.2 Å². The first-order valence-corrected chi connectivity index (χ1v) is 5.12. The quantitative estimate of drug-likeness (QED) is 0.709. The van der Waals surface area contributed by atoms with Gasteiger partial charge in [-0.15, -0.1) is 0 Å².